The highest BCUT2D eigenvalue weighted by Crippen LogP contribution is 2.23. The Kier molecular flexibility index (Phi) is 4.40. The molecule has 4 heteroatoms. The summed E-state index contributed by atoms with van der Waals surface area (Å²) in [4.78, 5) is 16.5. The summed E-state index contributed by atoms with van der Waals surface area (Å²) in [7, 11) is 0. The molecule has 0 aliphatic carbocycles. The smallest absolute Gasteiger partial charge is 0.263 e. The maximum atomic E-state index is 12.4. The highest BCUT2D eigenvalue weighted by atomic mass is 32.1. The Morgan fingerprint density at radius 3 is 3.00 bits per heavy atom. The van der Waals surface area contributed by atoms with Gasteiger partial charge in [0.15, 0.2) is 0 Å². The maximum absolute atomic E-state index is 12.4. The van der Waals surface area contributed by atoms with Crippen LogP contribution in [0.3, 0.4) is 0 Å². The van der Waals surface area contributed by atoms with Crippen molar-refractivity contribution in [2.75, 3.05) is 13.1 Å². The van der Waals surface area contributed by atoms with E-state index in [9.17, 15) is 4.79 Å². The van der Waals surface area contributed by atoms with Crippen LogP contribution in [-0.4, -0.2) is 29.9 Å². The van der Waals surface area contributed by atoms with Crippen molar-refractivity contribution in [3.63, 3.8) is 0 Å². The topological polar surface area (TPSA) is 46.3 Å². The molecule has 2 heterocycles. The number of hydrogen-bond acceptors (Lipinski definition) is 3. The second kappa shape index (κ2) is 5.85. The molecule has 0 saturated carbocycles. The summed E-state index contributed by atoms with van der Waals surface area (Å²) in [5, 5.41) is 0. The number of carbonyl (C=O) groups excluding carboxylic acids is 1. The van der Waals surface area contributed by atoms with Crippen molar-refractivity contribution < 1.29 is 4.79 Å². The van der Waals surface area contributed by atoms with Gasteiger partial charge in [0, 0.05) is 24.0 Å². The van der Waals surface area contributed by atoms with Gasteiger partial charge < -0.3 is 10.6 Å². The summed E-state index contributed by atoms with van der Waals surface area (Å²) in [5.41, 5.74) is 5.96. The van der Waals surface area contributed by atoms with E-state index in [4.69, 9.17) is 5.73 Å². The van der Waals surface area contributed by atoms with Crippen LogP contribution in [-0.2, 0) is 6.42 Å². The van der Waals surface area contributed by atoms with Crippen LogP contribution < -0.4 is 5.73 Å². The zero-order chi connectivity index (χ0) is 13.1. The molecule has 0 spiro atoms. The molecular weight excluding hydrogens is 244 g/mol. The van der Waals surface area contributed by atoms with Crippen LogP contribution in [0.1, 0.15) is 41.2 Å². The molecule has 100 valence electrons. The molecule has 1 aliphatic heterocycles. The van der Waals surface area contributed by atoms with Gasteiger partial charge in [0.1, 0.15) is 0 Å². The van der Waals surface area contributed by atoms with Crippen LogP contribution in [0.5, 0.6) is 0 Å². The lowest BCUT2D eigenvalue weighted by Crippen LogP contribution is -2.44. The Bertz CT molecular complexity index is 414. The highest BCUT2D eigenvalue weighted by molar-refractivity contribution is 7.14. The fraction of sp³-hybridized carbons (Fsp3) is 0.643. The fourth-order valence-corrected chi connectivity index (χ4v) is 3.38. The number of thiophene rings is 1. The molecule has 1 aromatic heterocycles. The molecule has 1 aromatic rings. The first-order chi connectivity index (χ1) is 8.61. The van der Waals surface area contributed by atoms with Gasteiger partial charge in [-0.1, -0.05) is 6.92 Å². The van der Waals surface area contributed by atoms with E-state index in [0.29, 0.717) is 5.92 Å². The minimum atomic E-state index is 0.176. The van der Waals surface area contributed by atoms with Gasteiger partial charge in [0.25, 0.3) is 5.91 Å². The molecule has 0 unspecified atom stereocenters. The normalized spacial score (nSPS) is 21.9. The number of nitrogens with two attached hydrogens (primary N) is 1. The first-order valence-electron chi connectivity index (χ1n) is 6.75. The predicted octanol–water partition coefficient (Wildman–Crippen LogP) is 2.51. The van der Waals surface area contributed by atoms with Crippen LogP contribution in [0.15, 0.2) is 12.1 Å². The van der Waals surface area contributed by atoms with E-state index in [1.807, 2.05) is 17.9 Å². The number of likely N-dealkylation sites (tertiary alicyclic amines) is 1. The number of rotatable bonds is 3. The quantitative estimate of drug-likeness (QED) is 0.913. The molecule has 0 aromatic carbocycles. The summed E-state index contributed by atoms with van der Waals surface area (Å²) in [6, 6.07) is 4.20. The average Bonchev–Trinajstić information content (AvgIpc) is 2.86. The molecular formula is C14H22N2OS. The lowest BCUT2D eigenvalue weighted by molar-refractivity contribution is 0.0666. The van der Waals surface area contributed by atoms with Gasteiger partial charge in [0.05, 0.1) is 4.88 Å². The van der Waals surface area contributed by atoms with E-state index < -0.39 is 0 Å². The van der Waals surface area contributed by atoms with Crippen LogP contribution in [0.25, 0.3) is 0 Å². The van der Waals surface area contributed by atoms with Crippen molar-refractivity contribution in [2.45, 2.75) is 39.2 Å². The Labute approximate surface area is 113 Å². The maximum Gasteiger partial charge on any atom is 0.263 e. The van der Waals surface area contributed by atoms with Crippen molar-refractivity contribution in [1.82, 2.24) is 4.90 Å². The third-order valence-electron chi connectivity index (χ3n) is 3.71. The Hall–Kier alpha value is -0.870. The van der Waals surface area contributed by atoms with Gasteiger partial charge in [-0.2, -0.15) is 0 Å². The molecule has 1 aliphatic rings. The predicted molar refractivity (Wildman–Crippen MR) is 76.0 cm³/mol. The van der Waals surface area contributed by atoms with Crippen LogP contribution >= 0.6 is 11.3 Å². The van der Waals surface area contributed by atoms with Crippen LogP contribution in [0.4, 0.5) is 0 Å². The van der Waals surface area contributed by atoms with Crippen molar-refractivity contribution in [3.05, 3.63) is 21.9 Å². The van der Waals surface area contributed by atoms with Crippen LogP contribution in [0, 0.1) is 5.92 Å². The minimum absolute atomic E-state index is 0.176. The third kappa shape index (κ3) is 2.93. The Morgan fingerprint density at radius 1 is 1.61 bits per heavy atom. The standard InChI is InChI=1S/C14H22N2OS/c1-3-12-6-7-13(18-12)14(17)16-8-4-5-11(9-16)10(2)15/h6-7,10-11H,3-5,8-9,15H2,1-2H3/t10-,11+/m1/s1. The van der Waals surface area contributed by atoms with Gasteiger partial charge in [-0.05, 0) is 44.2 Å². The number of aryl methyl sites for hydroxylation is 1. The molecule has 1 fully saturated rings. The number of carbonyl (C=O) groups is 1. The van der Waals surface area contributed by atoms with E-state index in [0.717, 1.165) is 37.2 Å². The molecule has 0 bridgehead atoms. The highest BCUT2D eigenvalue weighted by Gasteiger charge is 2.26. The third-order valence-corrected chi connectivity index (χ3v) is 4.93. The first-order valence-corrected chi connectivity index (χ1v) is 7.57. The largest absolute Gasteiger partial charge is 0.338 e. The van der Waals surface area contributed by atoms with E-state index in [-0.39, 0.29) is 11.9 Å². The van der Waals surface area contributed by atoms with E-state index in [1.165, 1.54) is 4.88 Å². The SMILES string of the molecule is CCc1ccc(C(=O)N2CCC[C@H]([C@@H](C)N)C2)s1. The monoisotopic (exact) mass is 266 g/mol. The summed E-state index contributed by atoms with van der Waals surface area (Å²) in [5.74, 6) is 0.637. The average molecular weight is 266 g/mol. The fourth-order valence-electron chi connectivity index (χ4n) is 2.46. The van der Waals surface area contributed by atoms with Crippen molar-refractivity contribution in [2.24, 2.45) is 11.7 Å². The molecule has 0 radical (unpaired) electrons. The van der Waals surface area contributed by atoms with Gasteiger partial charge in [-0.25, -0.2) is 0 Å². The zero-order valence-corrected chi connectivity index (χ0v) is 12.0. The molecule has 18 heavy (non-hydrogen) atoms. The summed E-state index contributed by atoms with van der Waals surface area (Å²) in [6.45, 7) is 5.85. The number of piperidine rings is 1. The van der Waals surface area contributed by atoms with Crippen LogP contribution in [0.2, 0.25) is 0 Å². The lowest BCUT2D eigenvalue weighted by atomic mass is 9.92. The van der Waals surface area contributed by atoms with Crippen molar-refractivity contribution >= 4 is 17.2 Å². The molecule has 2 rings (SSSR count). The summed E-state index contributed by atoms with van der Waals surface area (Å²) >= 11 is 1.62. The van der Waals surface area contributed by atoms with E-state index in [1.54, 1.807) is 11.3 Å². The van der Waals surface area contributed by atoms with Crippen molar-refractivity contribution in [3.8, 4) is 0 Å². The Morgan fingerprint density at radius 2 is 2.39 bits per heavy atom. The molecule has 3 nitrogen and oxygen atoms in total. The summed E-state index contributed by atoms with van der Waals surface area (Å²) in [6.07, 6.45) is 3.22. The molecule has 1 saturated heterocycles. The van der Waals surface area contributed by atoms with Crippen molar-refractivity contribution in [1.29, 1.82) is 0 Å². The summed E-state index contributed by atoms with van der Waals surface area (Å²) < 4.78 is 0. The Balaban J connectivity index is 2.04. The minimum Gasteiger partial charge on any atom is -0.338 e. The molecule has 1 amide bonds. The lowest BCUT2D eigenvalue weighted by Gasteiger charge is -2.34. The first kappa shape index (κ1) is 13.6. The van der Waals surface area contributed by atoms with Gasteiger partial charge >= 0.3 is 0 Å². The van der Waals surface area contributed by atoms with Gasteiger partial charge in [0.2, 0.25) is 0 Å². The van der Waals surface area contributed by atoms with E-state index >= 15 is 0 Å². The second-order valence-corrected chi connectivity index (χ2v) is 6.30. The molecule has 2 N–H and O–H groups in total. The molecule has 2 atom stereocenters. The zero-order valence-electron chi connectivity index (χ0n) is 11.2. The van der Waals surface area contributed by atoms with Gasteiger partial charge in [-0.15, -0.1) is 11.3 Å². The second-order valence-electron chi connectivity index (χ2n) is 5.13. The number of hydrogen-bond donors (Lipinski definition) is 1. The number of nitrogens with zero attached hydrogens (tertiary/aromatic N) is 1. The van der Waals surface area contributed by atoms with E-state index in [2.05, 4.69) is 13.0 Å². The number of amides is 1. The van der Waals surface area contributed by atoms with Gasteiger partial charge in [-0.3, -0.25) is 4.79 Å².